The summed E-state index contributed by atoms with van der Waals surface area (Å²) < 4.78 is 16.9. The summed E-state index contributed by atoms with van der Waals surface area (Å²) in [7, 11) is 0. The van der Waals surface area contributed by atoms with Crippen LogP contribution in [0.3, 0.4) is 0 Å². The smallest absolute Gasteiger partial charge is 0.311 e. The highest BCUT2D eigenvalue weighted by molar-refractivity contribution is 5.77. The van der Waals surface area contributed by atoms with Gasteiger partial charge in [0.25, 0.3) is 0 Å². The maximum absolute atomic E-state index is 12.2. The van der Waals surface area contributed by atoms with Crippen LogP contribution in [0, 0.1) is 0 Å². The largest absolute Gasteiger partial charge is 0.490 e. The van der Waals surface area contributed by atoms with Crippen LogP contribution in [0.15, 0.2) is 18.2 Å². The molecule has 1 rings (SSSR count). The van der Waals surface area contributed by atoms with Crippen molar-refractivity contribution in [2.45, 2.75) is 91.4 Å². The fourth-order valence-corrected chi connectivity index (χ4v) is 2.66. The Hall–Kier alpha value is -2.04. The van der Waals surface area contributed by atoms with Gasteiger partial charge < -0.3 is 14.2 Å². The summed E-state index contributed by atoms with van der Waals surface area (Å²) in [6.45, 7) is 6.76. The van der Waals surface area contributed by atoms with Gasteiger partial charge in [0.2, 0.25) is 5.75 Å². The van der Waals surface area contributed by atoms with Crippen molar-refractivity contribution < 1.29 is 23.8 Å². The van der Waals surface area contributed by atoms with Crippen LogP contribution in [0.1, 0.15) is 91.4 Å². The molecule has 0 fully saturated rings. The first-order valence-electron chi connectivity index (χ1n) is 10.8. The first-order chi connectivity index (χ1) is 13.6. The van der Waals surface area contributed by atoms with E-state index in [0.29, 0.717) is 25.2 Å². The van der Waals surface area contributed by atoms with Crippen LogP contribution in [0.5, 0.6) is 17.2 Å². The van der Waals surface area contributed by atoms with E-state index in [1.165, 1.54) is 19.3 Å². The zero-order chi connectivity index (χ0) is 20.6. The fraction of sp³-hybridized carbons (Fsp3) is 0.652. The Morgan fingerprint density at radius 3 is 1.93 bits per heavy atom. The zero-order valence-electron chi connectivity index (χ0n) is 17.8. The Bertz CT molecular complexity index is 582. The fourth-order valence-electron chi connectivity index (χ4n) is 2.66. The van der Waals surface area contributed by atoms with Gasteiger partial charge in [0.15, 0.2) is 11.5 Å². The third-order valence-electron chi connectivity index (χ3n) is 4.36. The number of esters is 2. The maximum Gasteiger partial charge on any atom is 0.311 e. The minimum Gasteiger partial charge on any atom is -0.490 e. The van der Waals surface area contributed by atoms with E-state index in [2.05, 4.69) is 6.92 Å². The molecule has 5 heteroatoms. The Balaban J connectivity index is 2.82. The van der Waals surface area contributed by atoms with E-state index in [1.54, 1.807) is 18.2 Å². The number of hydrogen-bond donors (Lipinski definition) is 0. The zero-order valence-corrected chi connectivity index (χ0v) is 17.8. The Morgan fingerprint density at radius 1 is 0.714 bits per heavy atom. The summed E-state index contributed by atoms with van der Waals surface area (Å²) in [6, 6.07) is 5.14. The molecule has 28 heavy (non-hydrogen) atoms. The van der Waals surface area contributed by atoms with Gasteiger partial charge in [-0.1, -0.05) is 65.4 Å². The standard InChI is InChI=1S/C23H36O5/c1-4-7-10-11-12-18-26-19-14-13-15-20(27-21(24)16-8-5-2)23(19)28-22(25)17-9-6-3/h13-15H,4-12,16-18H2,1-3H3. The first kappa shape index (κ1) is 24.0. The molecule has 5 nitrogen and oxygen atoms in total. The lowest BCUT2D eigenvalue weighted by atomic mass is 10.2. The van der Waals surface area contributed by atoms with Crippen LogP contribution in [-0.4, -0.2) is 18.5 Å². The molecule has 0 heterocycles. The number of para-hydroxylation sites is 1. The summed E-state index contributed by atoms with van der Waals surface area (Å²) >= 11 is 0. The van der Waals surface area contributed by atoms with Gasteiger partial charge in [-0.25, -0.2) is 0 Å². The summed E-state index contributed by atoms with van der Waals surface area (Å²) in [4.78, 5) is 24.2. The van der Waals surface area contributed by atoms with Crippen molar-refractivity contribution >= 4 is 11.9 Å². The van der Waals surface area contributed by atoms with Crippen LogP contribution in [0.25, 0.3) is 0 Å². The first-order valence-corrected chi connectivity index (χ1v) is 10.8. The van der Waals surface area contributed by atoms with Crippen LogP contribution >= 0.6 is 0 Å². The Morgan fingerprint density at radius 2 is 1.29 bits per heavy atom. The molecule has 0 unspecified atom stereocenters. The van der Waals surface area contributed by atoms with Crippen LogP contribution in [0.2, 0.25) is 0 Å². The number of unbranched alkanes of at least 4 members (excludes halogenated alkanes) is 6. The van der Waals surface area contributed by atoms with Crippen LogP contribution in [0.4, 0.5) is 0 Å². The van der Waals surface area contributed by atoms with Gasteiger partial charge >= 0.3 is 11.9 Å². The number of carbonyl (C=O) groups excluding carboxylic acids is 2. The third kappa shape index (κ3) is 9.77. The minimum atomic E-state index is -0.341. The summed E-state index contributed by atoms with van der Waals surface area (Å²) in [5.41, 5.74) is 0. The average Bonchev–Trinajstić information content (AvgIpc) is 2.69. The predicted molar refractivity (Wildman–Crippen MR) is 111 cm³/mol. The van der Waals surface area contributed by atoms with Crippen molar-refractivity contribution in [1.82, 2.24) is 0 Å². The van der Waals surface area contributed by atoms with Crippen LogP contribution in [-0.2, 0) is 9.59 Å². The number of ether oxygens (including phenoxy) is 3. The van der Waals surface area contributed by atoms with Crippen molar-refractivity contribution in [1.29, 1.82) is 0 Å². The normalized spacial score (nSPS) is 10.5. The molecule has 0 spiro atoms. The number of hydrogen-bond acceptors (Lipinski definition) is 5. The summed E-state index contributed by atoms with van der Waals surface area (Å²) in [6.07, 6.45) is 9.64. The number of carbonyl (C=O) groups is 2. The molecule has 1 aromatic rings. The number of benzene rings is 1. The van der Waals surface area contributed by atoms with E-state index >= 15 is 0 Å². The summed E-state index contributed by atoms with van der Waals surface area (Å²) in [5, 5.41) is 0. The van der Waals surface area contributed by atoms with Gasteiger partial charge in [-0.3, -0.25) is 9.59 Å². The lowest BCUT2D eigenvalue weighted by molar-refractivity contribution is -0.137. The molecule has 0 aliphatic heterocycles. The van der Waals surface area contributed by atoms with Gasteiger partial charge in [-0.05, 0) is 31.4 Å². The molecule has 0 N–H and O–H groups in total. The lowest BCUT2D eigenvalue weighted by Crippen LogP contribution is -2.13. The second kappa shape index (κ2) is 14.9. The highest BCUT2D eigenvalue weighted by Gasteiger charge is 2.18. The molecule has 0 atom stereocenters. The maximum atomic E-state index is 12.2. The lowest BCUT2D eigenvalue weighted by Gasteiger charge is -2.15. The van der Waals surface area contributed by atoms with Crippen molar-refractivity contribution in [3.8, 4) is 17.2 Å². The van der Waals surface area contributed by atoms with Crippen molar-refractivity contribution in [2.24, 2.45) is 0 Å². The third-order valence-corrected chi connectivity index (χ3v) is 4.36. The molecule has 0 aliphatic carbocycles. The molecular weight excluding hydrogens is 356 g/mol. The second-order valence-corrected chi connectivity index (χ2v) is 7.00. The highest BCUT2D eigenvalue weighted by atomic mass is 16.6. The topological polar surface area (TPSA) is 61.8 Å². The molecular formula is C23H36O5. The molecule has 158 valence electrons. The van der Waals surface area contributed by atoms with Gasteiger partial charge in [0.1, 0.15) is 0 Å². The van der Waals surface area contributed by atoms with Crippen molar-refractivity contribution in [3.05, 3.63) is 18.2 Å². The molecule has 0 radical (unpaired) electrons. The average molecular weight is 393 g/mol. The van der Waals surface area contributed by atoms with Crippen molar-refractivity contribution in [3.63, 3.8) is 0 Å². The van der Waals surface area contributed by atoms with Gasteiger partial charge in [0.05, 0.1) is 6.61 Å². The van der Waals surface area contributed by atoms with E-state index in [1.807, 2.05) is 13.8 Å². The SMILES string of the molecule is CCCCCCCOc1cccc(OC(=O)CCCC)c1OC(=O)CCCC. The molecule has 0 saturated heterocycles. The monoisotopic (exact) mass is 392 g/mol. The highest BCUT2D eigenvalue weighted by Crippen LogP contribution is 2.38. The van der Waals surface area contributed by atoms with Crippen LogP contribution < -0.4 is 14.2 Å². The van der Waals surface area contributed by atoms with Gasteiger partial charge in [0, 0.05) is 12.8 Å². The van der Waals surface area contributed by atoms with E-state index in [-0.39, 0.29) is 23.4 Å². The number of rotatable bonds is 15. The Labute approximate surface area is 169 Å². The molecule has 0 bridgehead atoms. The van der Waals surface area contributed by atoms with E-state index in [4.69, 9.17) is 14.2 Å². The second-order valence-electron chi connectivity index (χ2n) is 7.00. The predicted octanol–water partition coefficient (Wildman–Crippen LogP) is 6.23. The van der Waals surface area contributed by atoms with Gasteiger partial charge in [-0.15, -0.1) is 0 Å². The quantitative estimate of drug-likeness (QED) is 0.201. The molecule has 0 aromatic heterocycles. The van der Waals surface area contributed by atoms with E-state index < -0.39 is 0 Å². The molecule has 0 saturated carbocycles. The molecule has 0 amide bonds. The summed E-state index contributed by atoms with van der Waals surface area (Å²) in [5.74, 6) is 0.230. The molecule has 0 aliphatic rings. The van der Waals surface area contributed by atoms with Gasteiger partial charge in [-0.2, -0.15) is 0 Å². The minimum absolute atomic E-state index is 0.210. The Kier molecular flexibility index (Phi) is 12.8. The van der Waals surface area contributed by atoms with E-state index in [9.17, 15) is 9.59 Å². The van der Waals surface area contributed by atoms with Crippen molar-refractivity contribution in [2.75, 3.05) is 6.61 Å². The van der Waals surface area contributed by atoms with E-state index in [0.717, 1.165) is 38.5 Å². The molecule has 1 aromatic carbocycles.